The summed E-state index contributed by atoms with van der Waals surface area (Å²) in [6.45, 7) is 9.67. The topological polar surface area (TPSA) is 0 Å². The number of hydrogen-bond donors (Lipinski definition) is 0. The third-order valence-electron chi connectivity index (χ3n) is 10.8. The molecule has 4 heterocycles. The first kappa shape index (κ1) is 35.4. The normalized spacial score (nSPS) is 29.1. The quantitative estimate of drug-likeness (QED) is 0.210. The number of allylic oxidation sites excluding steroid dienone is 1. The van der Waals surface area contributed by atoms with E-state index in [2.05, 4.69) is 64.1 Å². The van der Waals surface area contributed by atoms with E-state index in [1.54, 1.807) is 89.4 Å². The van der Waals surface area contributed by atoms with Gasteiger partial charge in [-0.15, -0.1) is 0 Å². The third kappa shape index (κ3) is 9.38. The number of halogens is 2. The zero-order valence-electron chi connectivity index (χ0n) is 27.7. The first-order valence-corrected chi connectivity index (χ1v) is 26.8. The summed E-state index contributed by atoms with van der Waals surface area (Å²) >= 11 is -1.88. The minimum absolute atomic E-state index is 0.0723. The van der Waals surface area contributed by atoms with Crippen molar-refractivity contribution in [1.82, 2.24) is 0 Å². The Balaban J connectivity index is 0.000000134. The van der Waals surface area contributed by atoms with E-state index in [-0.39, 0.29) is 15.8 Å². The Hall–Kier alpha value is 0.113. The monoisotopic (exact) mass is 760 g/mol. The molecule has 0 nitrogen and oxygen atoms in total. The summed E-state index contributed by atoms with van der Waals surface area (Å²) in [5.41, 5.74) is 9.75. The summed E-state index contributed by atoms with van der Waals surface area (Å²) in [6.07, 6.45) is 24.4. The predicted octanol–water partition coefficient (Wildman–Crippen LogP) is 12.5. The van der Waals surface area contributed by atoms with E-state index in [9.17, 15) is 0 Å². The molecule has 0 aromatic heterocycles. The minimum atomic E-state index is -1.88. The van der Waals surface area contributed by atoms with Crippen LogP contribution in [0.25, 0.3) is 5.57 Å². The van der Waals surface area contributed by atoms with Crippen LogP contribution in [0, 0.1) is 11.8 Å². The van der Waals surface area contributed by atoms with Crippen molar-refractivity contribution in [3.05, 3.63) is 77.4 Å². The standard InChI is InChI=1S/C15H10.2C12H23P.2ClH.Ru/c1-2-6-12(7-3-1)15-11-10-13-8-4-5-9-14(13)15;2*1-10(2)9-13-11-5-3-6-12(13)8-4-7-11;;;/h1-9,11H;2*10-12H,3-9H2,1-2H3;2*1H;/q;;;;;+2. The van der Waals surface area contributed by atoms with Gasteiger partial charge in [-0.3, -0.25) is 0 Å². The van der Waals surface area contributed by atoms with Gasteiger partial charge in [0, 0.05) is 15.8 Å². The molecule has 0 radical (unpaired) electrons. The van der Waals surface area contributed by atoms with Crippen LogP contribution < -0.4 is 0 Å². The molecule has 2 aromatic rings. The van der Waals surface area contributed by atoms with Crippen molar-refractivity contribution < 1.29 is 13.5 Å². The van der Waals surface area contributed by atoms with Gasteiger partial charge < -0.3 is 0 Å². The van der Waals surface area contributed by atoms with E-state index in [0.717, 1.165) is 15.9 Å². The Bertz CT molecular complexity index is 1170. The summed E-state index contributed by atoms with van der Waals surface area (Å²) in [6, 6.07) is 18.7. The van der Waals surface area contributed by atoms with Gasteiger partial charge in [0.25, 0.3) is 0 Å². The number of benzene rings is 2. The van der Waals surface area contributed by atoms with Gasteiger partial charge in [0.05, 0.1) is 35.0 Å². The van der Waals surface area contributed by atoms with Crippen molar-refractivity contribution in [2.45, 2.75) is 127 Å². The second-order valence-corrected chi connectivity index (χ2v) is 27.0. The average Bonchev–Trinajstić information content (AvgIpc) is 3.38. The summed E-state index contributed by atoms with van der Waals surface area (Å²) in [5, 5.41) is 0. The van der Waals surface area contributed by atoms with Gasteiger partial charge in [0.2, 0.25) is 0 Å². The molecular weight excluding hydrogens is 702 g/mol. The van der Waals surface area contributed by atoms with Crippen molar-refractivity contribution in [1.29, 1.82) is 0 Å². The molecule has 44 heavy (non-hydrogen) atoms. The molecule has 2 aromatic carbocycles. The van der Waals surface area contributed by atoms with Crippen LogP contribution in [0.2, 0.25) is 0 Å². The van der Waals surface area contributed by atoms with Crippen LogP contribution in [0.4, 0.5) is 0 Å². The molecule has 0 spiro atoms. The molecule has 1 aliphatic carbocycles. The van der Waals surface area contributed by atoms with Crippen LogP contribution in [0.3, 0.4) is 0 Å². The fraction of sp³-hybridized carbons (Fsp3) is 0.615. The Morgan fingerprint density at radius 1 is 0.591 bits per heavy atom. The van der Waals surface area contributed by atoms with Crippen molar-refractivity contribution in [3.8, 4) is 0 Å². The van der Waals surface area contributed by atoms with Gasteiger partial charge in [-0.1, -0.05) is 27.7 Å². The van der Waals surface area contributed by atoms with Crippen molar-refractivity contribution in [2.75, 3.05) is 12.3 Å². The van der Waals surface area contributed by atoms with E-state index >= 15 is 0 Å². The van der Waals surface area contributed by atoms with Gasteiger partial charge in [0.15, 0.2) is 0 Å². The van der Waals surface area contributed by atoms with Crippen LogP contribution in [-0.2, 0) is 13.5 Å². The number of hydrogen-bond acceptors (Lipinski definition) is 0. The first-order chi connectivity index (χ1) is 21.3. The molecule has 5 aliphatic rings. The van der Waals surface area contributed by atoms with Crippen LogP contribution in [-0.4, -0.2) is 39.1 Å². The van der Waals surface area contributed by atoms with E-state index in [0.29, 0.717) is 0 Å². The average molecular weight is 761 g/mol. The van der Waals surface area contributed by atoms with Crippen LogP contribution in [0.1, 0.15) is 121 Å². The third-order valence-corrected chi connectivity index (χ3v) is 23.0. The van der Waals surface area contributed by atoms with Gasteiger partial charge in [-0.05, 0) is 88.9 Å². The molecule has 4 saturated heterocycles. The van der Waals surface area contributed by atoms with Crippen LogP contribution in [0.15, 0.2) is 60.7 Å². The molecule has 0 N–H and O–H groups in total. The van der Waals surface area contributed by atoms with Crippen molar-refractivity contribution in [3.63, 3.8) is 0 Å². The maximum absolute atomic E-state index is 6.19. The van der Waals surface area contributed by atoms with Gasteiger partial charge in [-0.25, -0.2) is 0 Å². The Kier molecular flexibility index (Phi) is 14.1. The molecule has 4 bridgehead atoms. The predicted molar refractivity (Wildman–Crippen MR) is 202 cm³/mol. The van der Waals surface area contributed by atoms with Crippen LogP contribution in [0.5, 0.6) is 0 Å². The van der Waals surface area contributed by atoms with E-state index in [1.165, 1.54) is 44.9 Å². The summed E-state index contributed by atoms with van der Waals surface area (Å²) < 4.78 is 1.12. The Morgan fingerprint density at radius 2 is 0.977 bits per heavy atom. The van der Waals surface area contributed by atoms with E-state index in [1.807, 2.05) is 24.3 Å². The molecule has 4 aliphatic heterocycles. The number of rotatable bonds is 5. The molecule has 244 valence electrons. The first-order valence-electron chi connectivity index (χ1n) is 17.8. The molecule has 0 unspecified atom stereocenters. The van der Waals surface area contributed by atoms with Gasteiger partial charge in [-0.2, -0.15) is 0 Å². The zero-order valence-corrected chi connectivity index (χ0v) is 33.0. The molecule has 7 rings (SSSR count). The number of fused-ring (bicyclic) bond motifs is 5. The molecule has 0 saturated carbocycles. The molecule has 0 atom stereocenters. The zero-order chi connectivity index (χ0) is 31.1. The molecule has 4 fully saturated rings. The molecule has 0 amide bonds. The summed E-state index contributed by atoms with van der Waals surface area (Å²) in [4.78, 5) is 0. The molecule has 5 heteroatoms. The SMILES string of the molecule is CC(C)C[PH+]1C2CCCC1CCC2.CC(C)C[PH+]1C2CCCC1CCC2.[Cl][Ru]([Cl])=[C]1C=C(c2ccccc2)c2ccccc21. The summed E-state index contributed by atoms with van der Waals surface area (Å²) in [5.74, 6) is 1.94. The second-order valence-electron chi connectivity index (χ2n) is 14.8. The second kappa shape index (κ2) is 17.5. The Morgan fingerprint density at radius 3 is 1.36 bits per heavy atom. The van der Waals surface area contributed by atoms with Crippen molar-refractivity contribution >= 4 is 44.9 Å². The maximum atomic E-state index is 6.19. The molecular formula is C39H58Cl2P2Ru+2. The summed E-state index contributed by atoms with van der Waals surface area (Å²) in [7, 11) is 12.5. The van der Waals surface area contributed by atoms with Crippen LogP contribution >= 0.6 is 35.2 Å². The van der Waals surface area contributed by atoms with E-state index in [4.69, 9.17) is 19.4 Å². The van der Waals surface area contributed by atoms with Gasteiger partial charge in [0.1, 0.15) is 0 Å². The Labute approximate surface area is 285 Å². The van der Waals surface area contributed by atoms with E-state index < -0.39 is 13.5 Å². The fourth-order valence-corrected chi connectivity index (χ4v) is 20.6. The fourth-order valence-electron chi connectivity index (χ4n) is 8.95. The van der Waals surface area contributed by atoms with Gasteiger partial charge >= 0.3 is 120 Å². The van der Waals surface area contributed by atoms with Crippen molar-refractivity contribution in [2.24, 2.45) is 11.8 Å².